The maximum Gasteiger partial charge on any atom is 0.155 e. The molecule has 0 aromatic rings. The van der Waals surface area contributed by atoms with Gasteiger partial charge in [-0.05, 0) is 36.6 Å². The molecule has 0 saturated heterocycles. The minimum atomic E-state index is 0.141. The molecule has 2 aliphatic carbocycles. The largest absolute Gasteiger partial charge is 0.493 e. The number of fused-ring (bicyclic) bond motifs is 1. The molecule has 104 valence electrons. The number of ketones is 1. The van der Waals surface area contributed by atoms with Crippen LogP contribution in [0.5, 0.6) is 5.75 Å². The van der Waals surface area contributed by atoms with Crippen molar-refractivity contribution in [3.8, 4) is 16.9 Å². The minimum absolute atomic E-state index is 0.141. The third-order valence-electron chi connectivity index (χ3n) is 2.94. The van der Waals surface area contributed by atoms with Gasteiger partial charge in [-0.3, -0.25) is 4.79 Å². The smallest absolute Gasteiger partial charge is 0.155 e. The molecule has 0 fully saturated rings. The third-order valence-corrected chi connectivity index (χ3v) is 2.94. The molecule has 19 heavy (non-hydrogen) atoms. The Labute approximate surface area is 116 Å². The van der Waals surface area contributed by atoms with Crippen molar-refractivity contribution in [2.45, 2.75) is 46.0 Å². The van der Waals surface area contributed by atoms with Gasteiger partial charge in [0.2, 0.25) is 0 Å². The van der Waals surface area contributed by atoms with E-state index in [1.807, 2.05) is 6.92 Å². The molecule has 0 amide bonds. The van der Waals surface area contributed by atoms with Crippen LogP contribution < -0.4 is 4.74 Å². The average molecular weight is 260 g/mol. The van der Waals surface area contributed by atoms with E-state index in [4.69, 9.17) is 4.74 Å². The number of carbonyl (C=O) groups is 1. The summed E-state index contributed by atoms with van der Waals surface area (Å²) in [6, 6.07) is 6.34. The molecule has 0 heterocycles. The fraction of sp³-hybridized carbons (Fsp3) is 0.471. The van der Waals surface area contributed by atoms with E-state index >= 15 is 0 Å². The summed E-state index contributed by atoms with van der Waals surface area (Å²) in [7, 11) is 0. The molecule has 0 N–H and O–H groups in total. The van der Waals surface area contributed by atoms with E-state index in [9.17, 15) is 4.79 Å². The summed E-state index contributed by atoms with van der Waals surface area (Å²) in [5.74, 6) is 1.23. The number of hydrogen-bond donors (Lipinski definition) is 0. The summed E-state index contributed by atoms with van der Waals surface area (Å²) in [6.07, 6.45) is 6.63. The van der Waals surface area contributed by atoms with Crippen LogP contribution in [0.3, 0.4) is 0 Å². The molecule has 0 aliphatic heterocycles. The fourth-order valence-corrected chi connectivity index (χ4v) is 1.73. The van der Waals surface area contributed by atoms with Gasteiger partial charge < -0.3 is 4.74 Å². The van der Waals surface area contributed by atoms with Crippen LogP contribution in [0.2, 0.25) is 0 Å². The van der Waals surface area contributed by atoms with Crippen molar-refractivity contribution in [2.75, 3.05) is 6.61 Å². The van der Waals surface area contributed by atoms with E-state index < -0.39 is 0 Å². The van der Waals surface area contributed by atoms with E-state index in [1.165, 1.54) is 36.5 Å². The number of hydrogen-bond acceptors (Lipinski definition) is 2. The first-order valence-corrected chi connectivity index (χ1v) is 7.15. The molecule has 0 saturated carbocycles. The number of ether oxygens (including phenoxy) is 1. The Morgan fingerprint density at radius 2 is 2.05 bits per heavy atom. The molecule has 0 spiro atoms. The molecule has 2 rings (SSSR count). The lowest BCUT2D eigenvalue weighted by Crippen LogP contribution is -1.95. The lowest BCUT2D eigenvalue weighted by molar-refractivity contribution is -0.114. The third kappa shape index (κ3) is 5.73. The number of allylic oxidation sites excluding steroid dienone is 1. The van der Waals surface area contributed by atoms with Gasteiger partial charge in [-0.15, -0.1) is 0 Å². The average Bonchev–Trinajstić information content (AvgIpc) is 3.10. The van der Waals surface area contributed by atoms with E-state index in [-0.39, 0.29) is 5.78 Å². The molecule has 0 atom stereocenters. The molecule has 2 nitrogen and oxygen atoms in total. The van der Waals surface area contributed by atoms with E-state index in [0.29, 0.717) is 6.42 Å². The number of rotatable bonds is 8. The van der Waals surface area contributed by atoms with Crippen LogP contribution in [0.25, 0.3) is 11.1 Å². The summed E-state index contributed by atoms with van der Waals surface area (Å²) < 4.78 is 5.60. The second-order valence-corrected chi connectivity index (χ2v) is 4.69. The van der Waals surface area contributed by atoms with Crippen LogP contribution in [0, 0.1) is 0 Å². The Balaban J connectivity index is 0.000000224. The van der Waals surface area contributed by atoms with Crippen molar-refractivity contribution in [3.63, 3.8) is 0 Å². The maximum absolute atomic E-state index is 10.3. The van der Waals surface area contributed by atoms with Gasteiger partial charge in [0.25, 0.3) is 0 Å². The topological polar surface area (TPSA) is 26.3 Å². The molecule has 0 aromatic heterocycles. The molecule has 0 radical (unpaired) electrons. The Morgan fingerprint density at radius 3 is 2.47 bits per heavy atom. The molecule has 2 aliphatic rings. The summed E-state index contributed by atoms with van der Waals surface area (Å²) in [5.41, 5.74) is 2.69. The Hall–Kier alpha value is -1.57. The lowest BCUT2D eigenvalue weighted by Gasteiger charge is -2.02. The fourth-order valence-electron chi connectivity index (χ4n) is 1.73. The Morgan fingerprint density at radius 1 is 1.26 bits per heavy atom. The van der Waals surface area contributed by atoms with Crippen LogP contribution >= 0.6 is 0 Å². The second-order valence-electron chi connectivity index (χ2n) is 4.69. The van der Waals surface area contributed by atoms with Gasteiger partial charge in [-0.1, -0.05) is 39.3 Å². The molecule has 2 heteroatoms. The van der Waals surface area contributed by atoms with Gasteiger partial charge in [0.1, 0.15) is 5.75 Å². The summed E-state index contributed by atoms with van der Waals surface area (Å²) in [5, 5.41) is 0. The van der Waals surface area contributed by atoms with Crippen molar-refractivity contribution in [2.24, 2.45) is 0 Å². The first-order valence-electron chi connectivity index (χ1n) is 7.15. The van der Waals surface area contributed by atoms with E-state index in [2.05, 4.69) is 31.7 Å². The van der Waals surface area contributed by atoms with E-state index in [1.54, 1.807) is 0 Å². The molecule has 0 unspecified atom stereocenters. The van der Waals surface area contributed by atoms with Crippen molar-refractivity contribution in [1.82, 2.24) is 0 Å². The molecular formula is C17H24O2. The van der Waals surface area contributed by atoms with Crippen molar-refractivity contribution in [3.05, 3.63) is 30.9 Å². The molecular weight excluding hydrogens is 236 g/mol. The number of benzene rings is 1. The van der Waals surface area contributed by atoms with Crippen LogP contribution in [0.4, 0.5) is 0 Å². The number of carbonyl (C=O) groups excluding carboxylic acids is 1. The summed E-state index contributed by atoms with van der Waals surface area (Å²) in [6.45, 7) is 8.38. The molecule has 0 bridgehead atoms. The Bertz CT molecular complexity index is 421. The van der Waals surface area contributed by atoms with Crippen LogP contribution in [-0.2, 0) is 4.79 Å². The normalized spacial score (nSPS) is 10.2. The first kappa shape index (κ1) is 15.5. The SMILES string of the molecule is C=CC(=O)CCC.CCCCCOc1ccc2cc1-2. The summed E-state index contributed by atoms with van der Waals surface area (Å²) in [4.78, 5) is 10.3. The van der Waals surface area contributed by atoms with Crippen LogP contribution in [0.15, 0.2) is 30.9 Å². The van der Waals surface area contributed by atoms with Crippen molar-refractivity contribution < 1.29 is 9.53 Å². The van der Waals surface area contributed by atoms with Gasteiger partial charge in [0.05, 0.1) is 6.61 Å². The quantitative estimate of drug-likeness (QED) is 0.504. The molecule has 0 aromatic carbocycles. The standard InChI is InChI=1S/C11H14O.C6H10O/c1-2-3-4-7-12-11-6-5-9-8-10(9)11;1-3-5-6(7)4-2/h5-6,8H,2-4,7H2,1H3;4H,2-3,5H2,1H3. The van der Waals surface area contributed by atoms with Crippen molar-refractivity contribution in [1.29, 1.82) is 0 Å². The predicted molar refractivity (Wildman–Crippen MR) is 80.6 cm³/mol. The van der Waals surface area contributed by atoms with Crippen molar-refractivity contribution >= 4 is 5.78 Å². The Kier molecular flexibility index (Phi) is 6.94. The van der Waals surface area contributed by atoms with Gasteiger partial charge in [-0.2, -0.15) is 0 Å². The lowest BCUT2D eigenvalue weighted by atomic mass is 10.2. The van der Waals surface area contributed by atoms with Crippen LogP contribution in [0.1, 0.15) is 46.0 Å². The summed E-state index contributed by atoms with van der Waals surface area (Å²) >= 11 is 0. The highest BCUT2D eigenvalue weighted by atomic mass is 16.5. The zero-order valence-corrected chi connectivity index (χ0v) is 12.1. The highest BCUT2D eigenvalue weighted by Gasteiger charge is 2.17. The highest BCUT2D eigenvalue weighted by molar-refractivity contribution is 5.88. The predicted octanol–water partition coefficient (Wildman–Crippen LogP) is 4.78. The van der Waals surface area contributed by atoms with Gasteiger partial charge >= 0.3 is 0 Å². The minimum Gasteiger partial charge on any atom is -0.493 e. The van der Waals surface area contributed by atoms with Crippen LogP contribution in [-0.4, -0.2) is 12.4 Å². The zero-order valence-electron chi connectivity index (χ0n) is 12.1. The monoisotopic (exact) mass is 260 g/mol. The van der Waals surface area contributed by atoms with E-state index in [0.717, 1.165) is 18.8 Å². The van der Waals surface area contributed by atoms with Gasteiger partial charge in [0, 0.05) is 12.0 Å². The second kappa shape index (κ2) is 8.52. The first-order chi connectivity index (χ1) is 9.22. The zero-order chi connectivity index (χ0) is 14.1. The number of unbranched alkanes of at least 4 members (excludes halogenated alkanes) is 2. The van der Waals surface area contributed by atoms with Gasteiger partial charge in [0.15, 0.2) is 5.78 Å². The highest BCUT2D eigenvalue weighted by Crippen LogP contribution is 2.43. The maximum atomic E-state index is 10.3. The van der Waals surface area contributed by atoms with Gasteiger partial charge in [-0.25, -0.2) is 0 Å².